The molecule has 0 radical (unpaired) electrons. The van der Waals surface area contributed by atoms with E-state index in [9.17, 15) is 9.59 Å². The Balaban J connectivity index is 1.36. The Hall–Kier alpha value is -5.17. The molecule has 0 saturated carbocycles. The number of H-pyrrole nitrogens is 1. The number of ether oxygens (including phenoxy) is 2. The first-order chi connectivity index (χ1) is 19.4. The lowest BCUT2D eigenvalue weighted by molar-refractivity contribution is 0.0728. The van der Waals surface area contributed by atoms with E-state index in [4.69, 9.17) is 9.47 Å². The van der Waals surface area contributed by atoms with Crippen molar-refractivity contribution < 1.29 is 19.1 Å². The molecule has 0 spiro atoms. The van der Waals surface area contributed by atoms with Gasteiger partial charge in [-0.1, -0.05) is 59.7 Å². The fourth-order valence-electron chi connectivity index (χ4n) is 4.49. The van der Waals surface area contributed by atoms with Crippen LogP contribution >= 0.6 is 0 Å². The summed E-state index contributed by atoms with van der Waals surface area (Å²) in [6.07, 6.45) is 1.52. The van der Waals surface area contributed by atoms with Crippen LogP contribution in [0.1, 0.15) is 44.5 Å². The standard InChI is InChI=1S/C33H29N3O4/c1-4-39-29-19-23(14-16-28(29)40-33(38)25-12-8-9-21(2)17-25)20-34-36-32(37)31-30(24-10-6-5-7-11-24)26-18-22(3)13-15-27(26)35-31/h5-20,35H,4H2,1-3H3,(H,36,37). The Kier molecular flexibility index (Phi) is 7.73. The first kappa shape index (κ1) is 26.4. The Morgan fingerprint density at radius 1 is 0.875 bits per heavy atom. The van der Waals surface area contributed by atoms with E-state index in [0.717, 1.165) is 33.2 Å². The van der Waals surface area contributed by atoms with E-state index in [2.05, 4.69) is 21.6 Å². The Morgan fingerprint density at radius 2 is 1.68 bits per heavy atom. The molecule has 1 amide bonds. The van der Waals surface area contributed by atoms with E-state index < -0.39 is 5.97 Å². The van der Waals surface area contributed by atoms with Gasteiger partial charge in [0.05, 0.1) is 18.4 Å². The molecule has 200 valence electrons. The number of carbonyl (C=O) groups is 2. The van der Waals surface area contributed by atoms with Crippen molar-refractivity contribution in [3.8, 4) is 22.6 Å². The maximum Gasteiger partial charge on any atom is 0.343 e. The van der Waals surface area contributed by atoms with Crippen molar-refractivity contribution in [2.24, 2.45) is 5.10 Å². The maximum atomic E-state index is 13.2. The van der Waals surface area contributed by atoms with Crippen LogP contribution in [0.3, 0.4) is 0 Å². The van der Waals surface area contributed by atoms with Crippen LogP contribution in [-0.2, 0) is 0 Å². The molecule has 0 bridgehead atoms. The van der Waals surface area contributed by atoms with Crippen LogP contribution in [0.2, 0.25) is 0 Å². The minimum atomic E-state index is -0.471. The smallest absolute Gasteiger partial charge is 0.343 e. The number of aromatic amines is 1. The number of rotatable bonds is 8. The number of aromatic nitrogens is 1. The maximum absolute atomic E-state index is 13.2. The molecule has 5 aromatic rings. The topological polar surface area (TPSA) is 92.8 Å². The first-order valence-electron chi connectivity index (χ1n) is 13.0. The van der Waals surface area contributed by atoms with Crippen LogP contribution in [0.15, 0.2) is 96.1 Å². The van der Waals surface area contributed by atoms with Gasteiger partial charge in [-0.3, -0.25) is 4.79 Å². The van der Waals surface area contributed by atoms with Crippen LogP contribution in [0.25, 0.3) is 22.0 Å². The number of hydrogen-bond acceptors (Lipinski definition) is 5. The molecule has 4 aromatic carbocycles. The third kappa shape index (κ3) is 5.78. The average Bonchev–Trinajstić information content (AvgIpc) is 3.33. The number of nitrogens with zero attached hydrogens (tertiary/aromatic N) is 1. The van der Waals surface area contributed by atoms with Crippen LogP contribution < -0.4 is 14.9 Å². The van der Waals surface area contributed by atoms with Gasteiger partial charge in [0.2, 0.25) is 0 Å². The van der Waals surface area contributed by atoms with Crippen molar-refractivity contribution >= 4 is 29.0 Å². The van der Waals surface area contributed by atoms with E-state index in [-0.39, 0.29) is 5.91 Å². The predicted octanol–water partition coefficient (Wildman–Crippen LogP) is 6.83. The molecule has 0 aliphatic carbocycles. The molecule has 2 N–H and O–H groups in total. The highest BCUT2D eigenvalue weighted by molar-refractivity contribution is 6.10. The molecule has 5 rings (SSSR count). The van der Waals surface area contributed by atoms with E-state index in [0.29, 0.717) is 34.9 Å². The molecule has 1 aromatic heterocycles. The largest absolute Gasteiger partial charge is 0.490 e. The van der Waals surface area contributed by atoms with Crippen LogP contribution in [0.5, 0.6) is 11.5 Å². The molecular formula is C33H29N3O4. The third-order valence-corrected chi connectivity index (χ3v) is 6.35. The summed E-state index contributed by atoms with van der Waals surface area (Å²) in [6, 6.07) is 28.1. The fraction of sp³-hybridized carbons (Fsp3) is 0.121. The number of hydrazone groups is 1. The second kappa shape index (κ2) is 11.7. The Bertz CT molecular complexity index is 1720. The quantitative estimate of drug-likeness (QED) is 0.0993. The van der Waals surface area contributed by atoms with Crippen molar-refractivity contribution in [1.29, 1.82) is 0 Å². The molecule has 0 aliphatic heterocycles. The monoisotopic (exact) mass is 531 g/mol. The number of fused-ring (bicyclic) bond motifs is 1. The van der Waals surface area contributed by atoms with Gasteiger partial charge in [-0.15, -0.1) is 0 Å². The average molecular weight is 532 g/mol. The zero-order valence-corrected chi connectivity index (χ0v) is 22.5. The molecule has 1 heterocycles. The third-order valence-electron chi connectivity index (χ3n) is 6.35. The fourth-order valence-corrected chi connectivity index (χ4v) is 4.49. The molecular weight excluding hydrogens is 502 g/mol. The summed E-state index contributed by atoms with van der Waals surface area (Å²) in [6.45, 7) is 6.17. The number of nitrogens with one attached hydrogen (secondary N) is 2. The normalized spacial score (nSPS) is 11.1. The van der Waals surface area contributed by atoms with Crippen molar-refractivity contribution in [3.05, 3.63) is 119 Å². The number of esters is 1. The highest BCUT2D eigenvalue weighted by Crippen LogP contribution is 2.33. The molecule has 7 heteroatoms. The Labute approximate surface area is 232 Å². The SMILES string of the molecule is CCOc1cc(C=NNC(=O)c2[nH]c3ccc(C)cc3c2-c2ccccc2)ccc1OC(=O)c1cccc(C)c1. The van der Waals surface area contributed by atoms with Gasteiger partial charge in [0.15, 0.2) is 11.5 Å². The lowest BCUT2D eigenvalue weighted by Gasteiger charge is -2.11. The minimum absolute atomic E-state index is 0.301. The van der Waals surface area contributed by atoms with Gasteiger partial charge < -0.3 is 14.5 Å². The van der Waals surface area contributed by atoms with Crippen molar-refractivity contribution in [3.63, 3.8) is 0 Å². The van der Waals surface area contributed by atoms with Crippen molar-refractivity contribution in [2.75, 3.05) is 6.61 Å². The molecule has 0 saturated heterocycles. The van der Waals surface area contributed by atoms with E-state index in [1.54, 1.807) is 30.3 Å². The van der Waals surface area contributed by atoms with Crippen LogP contribution in [0, 0.1) is 13.8 Å². The predicted molar refractivity (Wildman–Crippen MR) is 157 cm³/mol. The van der Waals surface area contributed by atoms with Crippen LogP contribution in [-0.4, -0.2) is 29.7 Å². The lowest BCUT2D eigenvalue weighted by atomic mass is 10.0. The zero-order valence-electron chi connectivity index (χ0n) is 22.5. The van der Waals surface area contributed by atoms with Gasteiger partial charge in [0.1, 0.15) is 5.69 Å². The van der Waals surface area contributed by atoms with E-state index >= 15 is 0 Å². The molecule has 40 heavy (non-hydrogen) atoms. The highest BCUT2D eigenvalue weighted by atomic mass is 16.6. The number of benzene rings is 4. The number of aryl methyl sites for hydroxylation is 2. The summed E-state index contributed by atoms with van der Waals surface area (Å²) in [5.41, 5.74) is 8.88. The summed E-state index contributed by atoms with van der Waals surface area (Å²) < 4.78 is 11.3. The lowest BCUT2D eigenvalue weighted by Crippen LogP contribution is -2.18. The summed E-state index contributed by atoms with van der Waals surface area (Å²) in [5.74, 6) is -0.134. The summed E-state index contributed by atoms with van der Waals surface area (Å²) in [5, 5.41) is 5.15. The number of carbonyl (C=O) groups excluding carboxylic acids is 2. The van der Waals surface area contributed by atoms with Gasteiger partial charge in [-0.05, 0) is 74.4 Å². The van der Waals surface area contributed by atoms with Crippen LogP contribution in [0.4, 0.5) is 0 Å². The second-order valence-corrected chi connectivity index (χ2v) is 9.39. The number of amides is 1. The zero-order chi connectivity index (χ0) is 28.1. The molecule has 0 atom stereocenters. The Morgan fingerprint density at radius 3 is 2.45 bits per heavy atom. The van der Waals surface area contributed by atoms with Crippen molar-refractivity contribution in [2.45, 2.75) is 20.8 Å². The van der Waals surface area contributed by atoms with Gasteiger partial charge in [-0.25, -0.2) is 10.2 Å². The van der Waals surface area contributed by atoms with Gasteiger partial charge in [0, 0.05) is 16.5 Å². The van der Waals surface area contributed by atoms with Gasteiger partial charge >= 0.3 is 5.97 Å². The highest BCUT2D eigenvalue weighted by Gasteiger charge is 2.19. The molecule has 0 unspecified atom stereocenters. The van der Waals surface area contributed by atoms with E-state index in [1.165, 1.54) is 6.21 Å². The molecule has 0 fully saturated rings. The molecule has 7 nitrogen and oxygen atoms in total. The summed E-state index contributed by atoms with van der Waals surface area (Å²) in [7, 11) is 0. The molecule has 0 aliphatic rings. The van der Waals surface area contributed by atoms with E-state index in [1.807, 2.05) is 75.4 Å². The van der Waals surface area contributed by atoms with Crippen molar-refractivity contribution in [1.82, 2.24) is 10.4 Å². The van der Waals surface area contributed by atoms with Gasteiger partial charge in [-0.2, -0.15) is 5.10 Å². The first-order valence-corrected chi connectivity index (χ1v) is 13.0. The summed E-state index contributed by atoms with van der Waals surface area (Å²) >= 11 is 0. The minimum Gasteiger partial charge on any atom is -0.490 e. The summed E-state index contributed by atoms with van der Waals surface area (Å²) in [4.78, 5) is 29.1. The van der Waals surface area contributed by atoms with Gasteiger partial charge in [0.25, 0.3) is 5.91 Å². The number of hydrogen-bond donors (Lipinski definition) is 2. The second-order valence-electron chi connectivity index (χ2n) is 9.39.